The van der Waals surface area contributed by atoms with Gasteiger partial charge in [-0.3, -0.25) is 0 Å². The van der Waals surface area contributed by atoms with Crippen molar-refractivity contribution in [2.75, 3.05) is 20.4 Å². The Morgan fingerprint density at radius 3 is 2.23 bits per heavy atom. The second-order valence-electron chi connectivity index (χ2n) is 5.61. The third-order valence-corrected chi connectivity index (χ3v) is 4.55. The molecular weight excluding hydrogens is 294 g/mol. The van der Waals surface area contributed by atoms with Crippen molar-refractivity contribution in [2.24, 2.45) is 0 Å². The monoisotopic (exact) mass is 315 g/mol. The largest absolute Gasteiger partial charge is 0.377 e. The van der Waals surface area contributed by atoms with Crippen LogP contribution < -0.4 is 0 Å². The maximum absolute atomic E-state index is 12.1. The second-order valence-corrected chi connectivity index (χ2v) is 7.59. The van der Waals surface area contributed by atoms with Crippen molar-refractivity contribution in [3.63, 3.8) is 0 Å². The number of aryl methyl sites for hydroxylation is 1. The molecule has 2 aromatic carbocycles. The Morgan fingerprint density at radius 1 is 1.05 bits per heavy atom. The quantitative estimate of drug-likeness (QED) is 0.811. The van der Waals surface area contributed by atoms with Crippen LogP contribution in [0.15, 0.2) is 53.4 Å². The van der Waals surface area contributed by atoms with E-state index in [9.17, 15) is 8.42 Å². The summed E-state index contributed by atoms with van der Waals surface area (Å²) in [4.78, 5) is 2.30. The van der Waals surface area contributed by atoms with Gasteiger partial charge in [0.1, 0.15) is 0 Å². The average Bonchev–Trinajstić information content (AvgIpc) is 2.44. The van der Waals surface area contributed by atoms with Crippen molar-refractivity contribution >= 4 is 21.6 Å². The summed E-state index contributed by atoms with van der Waals surface area (Å²) < 4.78 is 24.2. The molecule has 0 aliphatic carbocycles. The molecule has 0 heterocycles. The molecule has 0 aliphatic rings. The fourth-order valence-corrected chi connectivity index (χ4v) is 3.20. The van der Waals surface area contributed by atoms with Gasteiger partial charge in [0.15, 0.2) is 9.84 Å². The molecule has 116 valence electrons. The molecule has 0 amide bonds. The van der Waals surface area contributed by atoms with Gasteiger partial charge in [-0.2, -0.15) is 0 Å². The Bertz CT molecular complexity index is 791. The lowest BCUT2D eigenvalue weighted by molar-refractivity contribution is 0.588. The number of sulfone groups is 1. The molecule has 2 rings (SSSR count). The minimum absolute atomic E-state index is 0.356. The van der Waals surface area contributed by atoms with Crippen LogP contribution in [0.2, 0.25) is 0 Å². The normalized spacial score (nSPS) is 12.3. The van der Waals surface area contributed by atoms with Gasteiger partial charge in [-0.05, 0) is 30.7 Å². The zero-order valence-corrected chi connectivity index (χ0v) is 14.2. The lowest BCUT2D eigenvalue weighted by Gasteiger charge is -2.20. The molecule has 0 saturated carbocycles. The first kappa shape index (κ1) is 16.3. The van der Waals surface area contributed by atoms with Crippen molar-refractivity contribution in [1.29, 1.82) is 0 Å². The summed E-state index contributed by atoms with van der Waals surface area (Å²) in [7, 11) is 0.551. The van der Waals surface area contributed by atoms with E-state index in [-0.39, 0.29) is 0 Å². The topological polar surface area (TPSA) is 37.4 Å². The standard InChI is InChI=1S/C18H21NO2S/c1-14-10-11-18(22(4,20)21)16(12-14)17(19(2)3)13-15-8-6-5-7-9-15/h5-13H,1-4H3. The van der Waals surface area contributed by atoms with Crippen LogP contribution in [0.1, 0.15) is 16.7 Å². The lowest BCUT2D eigenvalue weighted by Crippen LogP contribution is -2.13. The van der Waals surface area contributed by atoms with E-state index in [0.29, 0.717) is 4.90 Å². The number of hydrogen-bond donors (Lipinski definition) is 0. The summed E-state index contributed by atoms with van der Waals surface area (Å²) >= 11 is 0. The van der Waals surface area contributed by atoms with Crippen LogP contribution in [-0.2, 0) is 9.84 Å². The molecular formula is C18H21NO2S. The van der Waals surface area contributed by atoms with E-state index in [1.54, 1.807) is 6.07 Å². The SMILES string of the molecule is Cc1ccc(S(C)(=O)=O)c(C(=Cc2ccccc2)N(C)C)c1. The van der Waals surface area contributed by atoms with Crippen LogP contribution in [0.3, 0.4) is 0 Å². The van der Waals surface area contributed by atoms with Gasteiger partial charge >= 0.3 is 0 Å². The third-order valence-electron chi connectivity index (χ3n) is 3.40. The molecule has 0 fully saturated rings. The maximum atomic E-state index is 12.1. The molecule has 4 heteroatoms. The third kappa shape index (κ3) is 3.77. The molecule has 3 nitrogen and oxygen atoms in total. The van der Waals surface area contributed by atoms with Crippen molar-refractivity contribution in [1.82, 2.24) is 4.90 Å². The first-order valence-electron chi connectivity index (χ1n) is 7.04. The Kier molecular flexibility index (Phi) is 4.71. The summed E-state index contributed by atoms with van der Waals surface area (Å²) in [5, 5.41) is 0. The Labute approximate surface area is 132 Å². The predicted octanol–water partition coefficient (Wildman–Crippen LogP) is 3.46. The smallest absolute Gasteiger partial charge is 0.176 e. The predicted molar refractivity (Wildman–Crippen MR) is 92.3 cm³/mol. The zero-order valence-electron chi connectivity index (χ0n) is 13.4. The van der Waals surface area contributed by atoms with E-state index in [4.69, 9.17) is 0 Å². The summed E-state index contributed by atoms with van der Waals surface area (Å²) in [5.74, 6) is 0. The highest BCUT2D eigenvalue weighted by Gasteiger charge is 2.17. The summed E-state index contributed by atoms with van der Waals surface area (Å²) in [5.41, 5.74) is 3.67. The lowest BCUT2D eigenvalue weighted by atomic mass is 10.1. The number of nitrogens with zero attached hydrogens (tertiary/aromatic N) is 1. The van der Waals surface area contributed by atoms with Gasteiger partial charge in [-0.15, -0.1) is 0 Å². The molecule has 0 unspecified atom stereocenters. The minimum Gasteiger partial charge on any atom is -0.377 e. The molecule has 0 N–H and O–H groups in total. The first-order chi connectivity index (χ1) is 10.3. The average molecular weight is 315 g/mol. The van der Waals surface area contributed by atoms with Gasteiger partial charge in [0.2, 0.25) is 0 Å². The zero-order chi connectivity index (χ0) is 16.3. The molecule has 0 spiro atoms. The van der Waals surface area contributed by atoms with Crippen molar-refractivity contribution in [3.8, 4) is 0 Å². The Hall–Kier alpha value is -2.07. The molecule has 0 aliphatic heterocycles. The fraction of sp³-hybridized carbons (Fsp3) is 0.222. The van der Waals surface area contributed by atoms with Gasteiger partial charge < -0.3 is 4.90 Å². The first-order valence-corrected chi connectivity index (χ1v) is 8.93. The number of benzene rings is 2. The van der Waals surface area contributed by atoms with E-state index < -0.39 is 9.84 Å². The van der Waals surface area contributed by atoms with E-state index in [0.717, 1.165) is 22.4 Å². The van der Waals surface area contributed by atoms with Crippen LogP contribution in [0.5, 0.6) is 0 Å². The molecule has 0 bridgehead atoms. The molecule has 0 aromatic heterocycles. The van der Waals surface area contributed by atoms with Crippen LogP contribution in [0.4, 0.5) is 0 Å². The summed E-state index contributed by atoms with van der Waals surface area (Å²) in [6, 6.07) is 15.3. The summed E-state index contributed by atoms with van der Waals surface area (Å²) in [6.45, 7) is 1.96. The van der Waals surface area contributed by atoms with Crippen LogP contribution in [-0.4, -0.2) is 33.7 Å². The van der Waals surface area contributed by atoms with Gasteiger partial charge in [-0.25, -0.2) is 8.42 Å². The van der Waals surface area contributed by atoms with Crippen LogP contribution in [0, 0.1) is 6.92 Å². The maximum Gasteiger partial charge on any atom is 0.176 e. The molecule has 0 saturated heterocycles. The summed E-state index contributed by atoms with van der Waals surface area (Å²) in [6.07, 6.45) is 3.25. The van der Waals surface area contributed by atoms with E-state index >= 15 is 0 Å². The van der Waals surface area contributed by atoms with Crippen molar-refractivity contribution in [2.45, 2.75) is 11.8 Å². The second kappa shape index (κ2) is 6.36. The van der Waals surface area contributed by atoms with Gasteiger partial charge in [0.25, 0.3) is 0 Å². The Morgan fingerprint density at radius 2 is 1.68 bits per heavy atom. The van der Waals surface area contributed by atoms with E-state index in [1.807, 2.05) is 74.5 Å². The van der Waals surface area contributed by atoms with E-state index in [1.165, 1.54) is 6.26 Å². The van der Waals surface area contributed by atoms with Crippen LogP contribution in [0.25, 0.3) is 11.8 Å². The highest BCUT2D eigenvalue weighted by Crippen LogP contribution is 2.28. The van der Waals surface area contributed by atoms with E-state index in [2.05, 4.69) is 0 Å². The van der Waals surface area contributed by atoms with Crippen molar-refractivity contribution in [3.05, 3.63) is 65.2 Å². The molecule has 0 radical (unpaired) electrons. The Balaban J connectivity index is 2.69. The number of hydrogen-bond acceptors (Lipinski definition) is 3. The van der Waals surface area contributed by atoms with Gasteiger partial charge in [-0.1, -0.05) is 42.0 Å². The van der Waals surface area contributed by atoms with Crippen LogP contribution >= 0.6 is 0 Å². The minimum atomic E-state index is -3.29. The highest BCUT2D eigenvalue weighted by molar-refractivity contribution is 7.90. The molecule has 0 atom stereocenters. The number of rotatable bonds is 4. The highest BCUT2D eigenvalue weighted by atomic mass is 32.2. The molecule has 22 heavy (non-hydrogen) atoms. The molecule has 2 aromatic rings. The van der Waals surface area contributed by atoms with Crippen molar-refractivity contribution < 1.29 is 8.42 Å². The van der Waals surface area contributed by atoms with Gasteiger partial charge in [0.05, 0.1) is 4.90 Å². The fourth-order valence-electron chi connectivity index (χ4n) is 2.32. The van der Waals surface area contributed by atoms with Gasteiger partial charge in [0, 0.05) is 31.6 Å².